The molecule has 0 N–H and O–H groups in total. The van der Waals surface area contributed by atoms with Crippen LogP contribution in [0.3, 0.4) is 0 Å². The van der Waals surface area contributed by atoms with Crippen molar-refractivity contribution >= 4 is 23.1 Å². The van der Waals surface area contributed by atoms with E-state index in [0.717, 1.165) is 11.1 Å². The summed E-state index contributed by atoms with van der Waals surface area (Å²) in [6, 6.07) is 8.70. The first-order valence-corrected chi connectivity index (χ1v) is 7.85. The minimum atomic E-state index is -0.373. The van der Waals surface area contributed by atoms with Gasteiger partial charge in [-0.2, -0.15) is 11.3 Å². The molecule has 0 radical (unpaired) electrons. The molecule has 0 amide bonds. The van der Waals surface area contributed by atoms with Crippen LogP contribution in [-0.2, 0) is 16.0 Å². The van der Waals surface area contributed by atoms with E-state index in [2.05, 4.69) is 4.74 Å². The molecule has 2 aromatic rings. The summed E-state index contributed by atoms with van der Waals surface area (Å²) in [6.07, 6.45) is 0.333. The van der Waals surface area contributed by atoms with Gasteiger partial charge < -0.3 is 4.74 Å². The van der Waals surface area contributed by atoms with Gasteiger partial charge in [-0.1, -0.05) is 12.1 Å². The first kappa shape index (κ1) is 16.4. The Morgan fingerprint density at radius 2 is 1.86 bits per heavy atom. The number of carbonyl (C=O) groups excluding carboxylic acids is 2. The minimum Gasteiger partial charge on any atom is -0.465 e. The Hall–Kier alpha value is -1.98. The summed E-state index contributed by atoms with van der Waals surface area (Å²) < 4.78 is 4.66. The van der Waals surface area contributed by atoms with Crippen LogP contribution in [-0.4, -0.2) is 37.9 Å². The summed E-state index contributed by atoms with van der Waals surface area (Å²) in [6.45, 7) is 0. The van der Waals surface area contributed by atoms with Crippen LogP contribution in [0, 0.1) is 0 Å². The van der Waals surface area contributed by atoms with Crippen LogP contribution in [0.2, 0.25) is 0 Å². The van der Waals surface area contributed by atoms with Gasteiger partial charge in [0.1, 0.15) is 0 Å². The molecule has 1 atom stereocenters. The van der Waals surface area contributed by atoms with E-state index in [9.17, 15) is 9.59 Å². The van der Waals surface area contributed by atoms with Gasteiger partial charge >= 0.3 is 5.97 Å². The summed E-state index contributed by atoms with van der Waals surface area (Å²) in [4.78, 5) is 25.9. The molecule has 0 aliphatic carbocycles. The van der Waals surface area contributed by atoms with Crippen molar-refractivity contribution < 1.29 is 14.3 Å². The fraction of sp³-hybridized carbons (Fsp3) is 0.294. The van der Waals surface area contributed by atoms with Crippen LogP contribution in [0.1, 0.15) is 27.5 Å². The second-order valence-electron chi connectivity index (χ2n) is 5.25. The number of nitrogens with zero attached hydrogens (tertiary/aromatic N) is 1. The average Bonchev–Trinajstić information content (AvgIpc) is 3.00. The fourth-order valence-electron chi connectivity index (χ4n) is 2.38. The average molecular weight is 317 g/mol. The minimum absolute atomic E-state index is 0.134. The lowest BCUT2D eigenvalue weighted by Crippen LogP contribution is -2.28. The van der Waals surface area contributed by atoms with E-state index in [0.29, 0.717) is 12.0 Å². The molecule has 0 saturated heterocycles. The van der Waals surface area contributed by atoms with Crippen molar-refractivity contribution in [3.8, 4) is 0 Å². The van der Waals surface area contributed by atoms with Crippen LogP contribution in [0.15, 0.2) is 41.1 Å². The highest BCUT2D eigenvalue weighted by Gasteiger charge is 2.23. The van der Waals surface area contributed by atoms with Gasteiger partial charge in [0.2, 0.25) is 0 Å². The highest BCUT2D eigenvalue weighted by atomic mass is 32.1. The number of esters is 1. The van der Waals surface area contributed by atoms with Crippen LogP contribution in [0.5, 0.6) is 0 Å². The molecule has 1 aromatic carbocycles. The van der Waals surface area contributed by atoms with Crippen molar-refractivity contribution in [1.82, 2.24) is 4.90 Å². The number of ether oxygens (including phenoxy) is 1. The Morgan fingerprint density at radius 1 is 1.18 bits per heavy atom. The van der Waals surface area contributed by atoms with Gasteiger partial charge in [0.05, 0.1) is 18.7 Å². The van der Waals surface area contributed by atoms with E-state index >= 15 is 0 Å². The molecule has 1 unspecified atom stereocenters. The van der Waals surface area contributed by atoms with Crippen LogP contribution < -0.4 is 0 Å². The molecule has 2 rings (SSSR count). The molecule has 116 valence electrons. The zero-order chi connectivity index (χ0) is 16.1. The Labute approximate surface area is 134 Å². The predicted octanol–water partition coefficient (Wildman–Crippen LogP) is 2.95. The molecule has 1 aromatic heterocycles. The maximum absolute atomic E-state index is 12.6. The summed E-state index contributed by atoms with van der Waals surface area (Å²) >= 11 is 1.59. The lowest BCUT2D eigenvalue weighted by molar-refractivity contribution is -0.123. The number of rotatable bonds is 6. The Morgan fingerprint density at radius 3 is 2.36 bits per heavy atom. The largest absolute Gasteiger partial charge is 0.465 e. The maximum atomic E-state index is 12.6. The first-order chi connectivity index (χ1) is 10.5. The summed E-state index contributed by atoms with van der Waals surface area (Å²) in [7, 11) is 5.16. The zero-order valence-corrected chi connectivity index (χ0v) is 13.7. The summed E-state index contributed by atoms with van der Waals surface area (Å²) in [5, 5.41) is 3.98. The topological polar surface area (TPSA) is 46.6 Å². The van der Waals surface area contributed by atoms with E-state index < -0.39 is 0 Å². The van der Waals surface area contributed by atoms with Crippen molar-refractivity contribution in [1.29, 1.82) is 0 Å². The molecular weight excluding hydrogens is 298 g/mol. The number of methoxy groups -OCH3 is 1. The van der Waals surface area contributed by atoms with E-state index in [1.54, 1.807) is 35.6 Å². The van der Waals surface area contributed by atoms with Crippen LogP contribution >= 0.6 is 11.3 Å². The third kappa shape index (κ3) is 3.81. The summed E-state index contributed by atoms with van der Waals surface area (Å²) in [5.74, 6) is -0.239. The SMILES string of the molecule is COC(=O)c1ccc(CC(=O)C(c2ccsc2)N(C)C)cc1. The molecule has 0 fully saturated rings. The van der Waals surface area contributed by atoms with Crippen molar-refractivity contribution in [2.75, 3.05) is 21.2 Å². The molecule has 4 nitrogen and oxygen atoms in total. The third-order valence-corrected chi connectivity index (χ3v) is 4.14. The monoisotopic (exact) mass is 317 g/mol. The number of thiophene rings is 1. The lowest BCUT2D eigenvalue weighted by atomic mass is 9.98. The highest BCUT2D eigenvalue weighted by Crippen LogP contribution is 2.23. The molecule has 0 saturated carbocycles. The number of hydrogen-bond donors (Lipinski definition) is 0. The van der Waals surface area contributed by atoms with E-state index in [4.69, 9.17) is 0 Å². The molecule has 22 heavy (non-hydrogen) atoms. The van der Waals surface area contributed by atoms with Gasteiger partial charge in [-0.15, -0.1) is 0 Å². The quantitative estimate of drug-likeness (QED) is 0.769. The molecule has 5 heteroatoms. The molecule has 0 bridgehead atoms. The number of carbonyl (C=O) groups is 2. The van der Waals surface area contributed by atoms with Crippen molar-refractivity contribution in [3.05, 3.63) is 57.8 Å². The predicted molar refractivity (Wildman–Crippen MR) is 87.2 cm³/mol. The van der Waals surface area contributed by atoms with E-state index in [-0.39, 0.29) is 17.8 Å². The standard InChI is InChI=1S/C17H19NO3S/c1-18(2)16(14-8-9-22-11-14)15(19)10-12-4-6-13(7-5-12)17(20)21-3/h4-9,11,16H,10H2,1-3H3. The van der Waals surface area contributed by atoms with E-state index in [1.807, 2.05) is 35.8 Å². The number of ketones is 1. The highest BCUT2D eigenvalue weighted by molar-refractivity contribution is 7.08. The smallest absolute Gasteiger partial charge is 0.337 e. The fourth-order valence-corrected chi connectivity index (χ4v) is 3.06. The molecule has 0 aliphatic heterocycles. The lowest BCUT2D eigenvalue weighted by Gasteiger charge is -2.22. The molecule has 0 spiro atoms. The Bertz CT molecular complexity index is 632. The Balaban J connectivity index is 2.12. The van der Waals surface area contributed by atoms with Gasteiger partial charge in [-0.3, -0.25) is 9.69 Å². The van der Waals surface area contributed by atoms with E-state index in [1.165, 1.54) is 7.11 Å². The number of Topliss-reactive ketones (excluding diaryl/α,β-unsaturated/α-hetero) is 1. The zero-order valence-electron chi connectivity index (χ0n) is 12.9. The van der Waals surface area contributed by atoms with Gasteiger partial charge in [0.25, 0.3) is 0 Å². The normalized spacial score (nSPS) is 12.2. The molecule has 0 aliphatic rings. The van der Waals surface area contributed by atoms with Crippen molar-refractivity contribution in [3.63, 3.8) is 0 Å². The van der Waals surface area contributed by atoms with Gasteiger partial charge in [0.15, 0.2) is 5.78 Å². The number of likely N-dealkylation sites (N-methyl/N-ethyl adjacent to an activating group) is 1. The number of benzene rings is 1. The third-order valence-electron chi connectivity index (χ3n) is 3.43. The molecule has 1 heterocycles. The van der Waals surface area contributed by atoms with Gasteiger partial charge in [-0.05, 0) is 54.2 Å². The second-order valence-corrected chi connectivity index (χ2v) is 6.03. The molecular formula is C17H19NO3S. The van der Waals surface area contributed by atoms with Crippen molar-refractivity contribution in [2.45, 2.75) is 12.5 Å². The van der Waals surface area contributed by atoms with Gasteiger partial charge in [0, 0.05) is 6.42 Å². The second kappa shape index (κ2) is 7.33. The van der Waals surface area contributed by atoms with Crippen molar-refractivity contribution in [2.24, 2.45) is 0 Å². The Kier molecular flexibility index (Phi) is 5.46. The number of hydrogen-bond acceptors (Lipinski definition) is 5. The van der Waals surface area contributed by atoms with Gasteiger partial charge in [-0.25, -0.2) is 4.79 Å². The van der Waals surface area contributed by atoms with Crippen LogP contribution in [0.4, 0.5) is 0 Å². The van der Waals surface area contributed by atoms with Crippen LogP contribution in [0.25, 0.3) is 0 Å². The summed E-state index contributed by atoms with van der Waals surface area (Å²) in [5.41, 5.74) is 2.40. The maximum Gasteiger partial charge on any atom is 0.337 e. The first-order valence-electron chi connectivity index (χ1n) is 6.91.